The van der Waals surface area contributed by atoms with Gasteiger partial charge in [-0.25, -0.2) is 9.97 Å². The highest BCUT2D eigenvalue weighted by atomic mass is 16.5. The first-order valence-electron chi connectivity index (χ1n) is 7.61. The predicted octanol–water partition coefficient (Wildman–Crippen LogP) is 1.94. The minimum absolute atomic E-state index is 0.137. The number of amides is 1. The van der Waals surface area contributed by atoms with Gasteiger partial charge in [0, 0.05) is 31.7 Å². The summed E-state index contributed by atoms with van der Waals surface area (Å²) < 4.78 is 5.31. The number of nitrogens with one attached hydrogen (secondary N) is 2. The third-order valence-electron chi connectivity index (χ3n) is 3.46. The molecule has 1 amide bonds. The van der Waals surface area contributed by atoms with Crippen molar-refractivity contribution in [2.75, 3.05) is 25.1 Å². The van der Waals surface area contributed by atoms with Gasteiger partial charge in [-0.1, -0.05) is 13.8 Å². The molecule has 0 aromatic carbocycles. The molecular formula is C15H24N4O2. The van der Waals surface area contributed by atoms with Crippen LogP contribution < -0.4 is 10.6 Å². The minimum atomic E-state index is -0.137. The first-order chi connectivity index (χ1) is 10.1. The number of aromatic nitrogens is 2. The third kappa shape index (κ3) is 4.14. The van der Waals surface area contributed by atoms with Crippen LogP contribution in [-0.2, 0) is 4.74 Å². The average Bonchev–Trinajstić information content (AvgIpc) is 2.48. The Morgan fingerprint density at radius 3 is 2.76 bits per heavy atom. The first kappa shape index (κ1) is 15.7. The highest BCUT2D eigenvalue weighted by molar-refractivity contribution is 5.97. The summed E-state index contributed by atoms with van der Waals surface area (Å²) in [7, 11) is 0. The topological polar surface area (TPSA) is 76.1 Å². The van der Waals surface area contributed by atoms with E-state index in [4.69, 9.17) is 4.74 Å². The second kappa shape index (κ2) is 7.36. The normalized spacial score (nSPS) is 16.0. The highest BCUT2D eigenvalue weighted by Crippen LogP contribution is 2.17. The molecule has 1 aromatic rings. The van der Waals surface area contributed by atoms with Crippen molar-refractivity contribution in [2.45, 2.75) is 45.6 Å². The molecule has 0 unspecified atom stereocenters. The zero-order chi connectivity index (χ0) is 15.2. The Bertz CT molecular complexity index is 485. The smallest absolute Gasteiger partial charge is 0.272 e. The molecule has 0 bridgehead atoms. The van der Waals surface area contributed by atoms with Gasteiger partial charge < -0.3 is 15.4 Å². The molecule has 0 saturated carbocycles. The Morgan fingerprint density at radius 2 is 2.14 bits per heavy atom. The van der Waals surface area contributed by atoms with Gasteiger partial charge in [-0.3, -0.25) is 4.79 Å². The average molecular weight is 292 g/mol. The summed E-state index contributed by atoms with van der Waals surface area (Å²) >= 11 is 0. The first-order valence-corrected chi connectivity index (χ1v) is 7.61. The zero-order valence-electron chi connectivity index (χ0n) is 13.0. The molecule has 0 atom stereocenters. The van der Waals surface area contributed by atoms with E-state index in [-0.39, 0.29) is 17.9 Å². The molecule has 2 N–H and O–H groups in total. The van der Waals surface area contributed by atoms with Gasteiger partial charge in [0.15, 0.2) is 5.69 Å². The molecule has 1 aliphatic heterocycles. The van der Waals surface area contributed by atoms with Crippen molar-refractivity contribution >= 4 is 11.6 Å². The van der Waals surface area contributed by atoms with Crippen LogP contribution in [0, 0.1) is 0 Å². The van der Waals surface area contributed by atoms with Crippen molar-refractivity contribution in [1.29, 1.82) is 0 Å². The number of carbonyl (C=O) groups excluding carboxylic acids is 1. The molecule has 21 heavy (non-hydrogen) atoms. The number of rotatable bonds is 5. The molecule has 0 aliphatic carbocycles. The lowest BCUT2D eigenvalue weighted by Crippen LogP contribution is -2.39. The van der Waals surface area contributed by atoms with Gasteiger partial charge in [0.2, 0.25) is 0 Å². The molecule has 1 fully saturated rings. The fourth-order valence-corrected chi connectivity index (χ4v) is 2.26. The fraction of sp³-hybridized carbons (Fsp3) is 0.667. The molecule has 116 valence electrons. The lowest BCUT2D eigenvalue weighted by atomic mass is 10.1. The third-order valence-corrected chi connectivity index (χ3v) is 3.46. The number of nitrogens with zero attached hydrogens (tertiary/aromatic N) is 2. The van der Waals surface area contributed by atoms with E-state index in [1.165, 1.54) is 0 Å². The lowest BCUT2D eigenvalue weighted by molar-refractivity contribution is 0.0694. The van der Waals surface area contributed by atoms with E-state index in [0.717, 1.165) is 19.4 Å². The Balaban J connectivity index is 2.17. The number of anilines is 1. The van der Waals surface area contributed by atoms with Crippen LogP contribution in [0.5, 0.6) is 0 Å². The molecule has 2 heterocycles. The van der Waals surface area contributed by atoms with E-state index in [0.29, 0.717) is 30.4 Å². The molecule has 0 radical (unpaired) electrons. The van der Waals surface area contributed by atoms with Gasteiger partial charge in [0.05, 0.1) is 11.9 Å². The van der Waals surface area contributed by atoms with E-state index in [2.05, 4.69) is 20.6 Å². The van der Waals surface area contributed by atoms with Gasteiger partial charge in [0.1, 0.15) is 5.82 Å². The van der Waals surface area contributed by atoms with Crippen molar-refractivity contribution in [3.8, 4) is 0 Å². The summed E-state index contributed by atoms with van der Waals surface area (Å²) in [5.41, 5.74) is 1.12. The van der Waals surface area contributed by atoms with Gasteiger partial charge in [-0.05, 0) is 19.8 Å². The van der Waals surface area contributed by atoms with Gasteiger partial charge in [0.25, 0.3) is 5.91 Å². The monoisotopic (exact) mass is 292 g/mol. The molecule has 0 spiro atoms. The molecule has 2 rings (SSSR count). The maximum atomic E-state index is 12.5. The van der Waals surface area contributed by atoms with Crippen LogP contribution in [0.3, 0.4) is 0 Å². The quantitative estimate of drug-likeness (QED) is 0.867. The van der Waals surface area contributed by atoms with Gasteiger partial charge >= 0.3 is 0 Å². The van der Waals surface area contributed by atoms with Gasteiger partial charge in [-0.15, -0.1) is 0 Å². The van der Waals surface area contributed by atoms with Gasteiger partial charge in [-0.2, -0.15) is 0 Å². The minimum Gasteiger partial charge on any atom is -0.382 e. The number of carbonyl (C=O) groups is 1. The maximum Gasteiger partial charge on any atom is 0.272 e. The van der Waals surface area contributed by atoms with Crippen molar-refractivity contribution in [1.82, 2.24) is 15.3 Å². The Labute approximate surface area is 125 Å². The summed E-state index contributed by atoms with van der Waals surface area (Å²) in [4.78, 5) is 21.3. The largest absolute Gasteiger partial charge is 0.382 e. The van der Waals surface area contributed by atoms with Crippen molar-refractivity contribution < 1.29 is 9.53 Å². The van der Waals surface area contributed by atoms with E-state index in [1.54, 1.807) is 6.20 Å². The highest BCUT2D eigenvalue weighted by Gasteiger charge is 2.21. The molecule has 1 aromatic heterocycles. The Kier molecular flexibility index (Phi) is 5.50. The van der Waals surface area contributed by atoms with Crippen LogP contribution in [0.15, 0.2) is 6.20 Å². The second-order valence-electron chi connectivity index (χ2n) is 5.54. The predicted molar refractivity (Wildman–Crippen MR) is 81.6 cm³/mol. The number of hydrogen-bond acceptors (Lipinski definition) is 5. The second-order valence-corrected chi connectivity index (χ2v) is 5.54. The van der Waals surface area contributed by atoms with Crippen molar-refractivity contribution in [3.05, 3.63) is 17.7 Å². The number of ether oxygens (including phenoxy) is 1. The summed E-state index contributed by atoms with van der Waals surface area (Å²) in [6, 6.07) is 0.165. The standard InChI is InChI=1S/C15H24N4O2/c1-4-16-12-9-17-14(10(2)3)19-13(12)15(20)18-11-5-7-21-8-6-11/h9-11,16H,4-8H2,1-3H3,(H,18,20). The number of hydrogen-bond donors (Lipinski definition) is 2. The summed E-state index contributed by atoms with van der Waals surface area (Å²) in [5, 5.41) is 6.20. The zero-order valence-corrected chi connectivity index (χ0v) is 13.0. The molecule has 6 nitrogen and oxygen atoms in total. The van der Waals surface area contributed by atoms with E-state index in [1.807, 2.05) is 20.8 Å². The summed E-state index contributed by atoms with van der Waals surface area (Å²) in [5.74, 6) is 0.742. The molecule has 6 heteroatoms. The summed E-state index contributed by atoms with van der Waals surface area (Å²) in [6.07, 6.45) is 3.40. The van der Waals surface area contributed by atoms with Crippen LogP contribution in [0.2, 0.25) is 0 Å². The van der Waals surface area contributed by atoms with Crippen molar-refractivity contribution in [3.63, 3.8) is 0 Å². The molecule has 1 saturated heterocycles. The Morgan fingerprint density at radius 1 is 1.43 bits per heavy atom. The van der Waals surface area contributed by atoms with Crippen LogP contribution in [0.25, 0.3) is 0 Å². The van der Waals surface area contributed by atoms with E-state index in [9.17, 15) is 4.79 Å². The lowest BCUT2D eigenvalue weighted by Gasteiger charge is -2.23. The van der Waals surface area contributed by atoms with Crippen LogP contribution in [-0.4, -0.2) is 41.7 Å². The maximum absolute atomic E-state index is 12.5. The van der Waals surface area contributed by atoms with Crippen LogP contribution in [0.4, 0.5) is 5.69 Å². The SMILES string of the molecule is CCNc1cnc(C(C)C)nc1C(=O)NC1CCOCC1. The van der Waals surface area contributed by atoms with E-state index < -0.39 is 0 Å². The van der Waals surface area contributed by atoms with Crippen molar-refractivity contribution in [2.24, 2.45) is 0 Å². The fourth-order valence-electron chi connectivity index (χ4n) is 2.26. The van der Waals surface area contributed by atoms with Crippen LogP contribution in [0.1, 0.15) is 55.8 Å². The Hall–Kier alpha value is -1.69. The molecular weight excluding hydrogens is 268 g/mol. The van der Waals surface area contributed by atoms with E-state index >= 15 is 0 Å². The molecule has 1 aliphatic rings. The summed E-state index contributed by atoms with van der Waals surface area (Å²) in [6.45, 7) is 8.14. The van der Waals surface area contributed by atoms with Crippen LogP contribution >= 0.6 is 0 Å².